The van der Waals surface area contributed by atoms with Gasteiger partial charge in [-0.25, -0.2) is 0 Å². The van der Waals surface area contributed by atoms with E-state index in [0.29, 0.717) is 18.5 Å². The Kier molecular flexibility index (Phi) is 4.75. The van der Waals surface area contributed by atoms with E-state index < -0.39 is 0 Å². The molecule has 2 N–H and O–H groups in total. The lowest BCUT2D eigenvalue weighted by molar-refractivity contribution is 0.237. The number of nitrogens with zero attached hydrogens (tertiary/aromatic N) is 2. The van der Waals surface area contributed by atoms with Gasteiger partial charge in [-0.3, -0.25) is 4.99 Å². The standard InChI is InChI=1S/C16H21BrClN3/c17-11-7-8-14(18)13(9-11)15-10-20-16(19)21(15)12-5-3-1-2-4-6-12/h7-9,12,15H,1-6,10H2,(H2,19,20). The van der Waals surface area contributed by atoms with Crippen molar-refractivity contribution in [2.24, 2.45) is 10.7 Å². The summed E-state index contributed by atoms with van der Waals surface area (Å²) in [4.78, 5) is 6.82. The Morgan fingerprint density at radius 1 is 1.19 bits per heavy atom. The molecule has 1 atom stereocenters. The molecule has 1 unspecified atom stereocenters. The van der Waals surface area contributed by atoms with Crippen LogP contribution in [-0.4, -0.2) is 23.4 Å². The van der Waals surface area contributed by atoms with Gasteiger partial charge in [0.15, 0.2) is 5.96 Å². The van der Waals surface area contributed by atoms with Crippen LogP contribution in [0.4, 0.5) is 0 Å². The van der Waals surface area contributed by atoms with Gasteiger partial charge in [-0.2, -0.15) is 0 Å². The first-order valence-corrected chi connectivity index (χ1v) is 8.87. The number of nitrogens with two attached hydrogens (primary N) is 1. The summed E-state index contributed by atoms with van der Waals surface area (Å²) in [7, 11) is 0. The van der Waals surface area contributed by atoms with E-state index in [4.69, 9.17) is 17.3 Å². The van der Waals surface area contributed by atoms with Crippen LogP contribution in [0.3, 0.4) is 0 Å². The Morgan fingerprint density at radius 2 is 1.90 bits per heavy atom. The first kappa shape index (κ1) is 15.2. The normalized spacial score (nSPS) is 24.0. The van der Waals surface area contributed by atoms with Crippen molar-refractivity contribution in [2.75, 3.05) is 6.54 Å². The Bertz CT molecular complexity index is 538. The molecule has 1 aliphatic heterocycles. The van der Waals surface area contributed by atoms with Gasteiger partial charge in [0.1, 0.15) is 0 Å². The molecule has 0 radical (unpaired) electrons. The minimum Gasteiger partial charge on any atom is -0.370 e. The third-order valence-electron chi connectivity index (χ3n) is 4.56. The van der Waals surface area contributed by atoms with Crippen molar-refractivity contribution >= 4 is 33.5 Å². The zero-order valence-corrected chi connectivity index (χ0v) is 14.4. The number of benzene rings is 1. The van der Waals surface area contributed by atoms with Crippen molar-refractivity contribution in [3.8, 4) is 0 Å². The quantitative estimate of drug-likeness (QED) is 0.779. The molecule has 3 rings (SSSR count). The van der Waals surface area contributed by atoms with Gasteiger partial charge in [0.25, 0.3) is 0 Å². The molecular formula is C16H21BrClN3. The van der Waals surface area contributed by atoms with Crippen LogP contribution in [0.15, 0.2) is 27.7 Å². The smallest absolute Gasteiger partial charge is 0.192 e. The van der Waals surface area contributed by atoms with Gasteiger partial charge in [-0.15, -0.1) is 0 Å². The topological polar surface area (TPSA) is 41.6 Å². The highest BCUT2D eigenvalue weighted by Gasteiger charge is 2.34. The lowest BCUT2D eigenvalue weighted by Crippen LogP contribution is -2.43. The maximum Gasteiger partial charge on any atom is 0.192 e. The van der Waals surface area contributed by atoms with E-state index in [2.05, 4.69) is 31.9 Å². The molecule has 2 aliphatic rings. The van der Waals surface area contributed by atoms with Crippen molar-refractivity contribution in [2.45, 2.75) is 50.6 Å². The highest BCUT2D eigenvalue weighted by atomic mass is 79.9. The molecule has 1 heterocycles. The molecule has 0 amide bonds. The fourth-order valence-corrected chi connectivity index (χ4v) is 4.13. The van der Waals surface area contributed by atoms with Crippen LogP contribution in [0.1, 0.15) is 50.1 Å². The van der Waals surface area contributed by atoms with Gasteiger partial charge in [-0.05, 0) is 36.6 Å². The summed E-state index contributed by atoms with van der Waals surface area (Å²) in [5.74, 6) is 0.683. The van der Waals surface area contributed by atoms with Crippen LogP contribution in [-0.2, 0) is 0 Å². The predicted octanol–water partition coefficient (Wildman–Crippen LogP) is 4.50. The number of rotatable bonds is 2. The van der Waals surface area contributed by atoms with Crippen LogP contribution in [0, 0.1) is 0 Å². The van der Waals surface area contributed by atoms with E-state index in [1.54, 1.807) is 0 Å². The molecule has 114 valence electrons. The number of hydrogen-bond donors (Lipinski definition) is 1. The summed E-state index contributed by atoms with van der Waals surface area (Å²) >= 11 is 9.96. The maximum atomic E-state index is 6.42. The summed E-state index contributed by atoms with van der Waals surface area (Å²) in [5, 5.41) is 0.798. The zero-order chi connectivity index (χ0) is 14.8. The lowest BCUT2D eigenvalue weighted by atomic mass is 10.0. The third kappa shape index (κ3) is 3.21. The Morgan fingerprint density at radius 3 is 2.62 bits per heavy atom. The number of hydrogen-bond acceptors (Lipinski definition) is 3. The van der Waals surface area contributed by atoms with E-state index in [1.165, 1.54) is 38.5 Å². The molecule has 0 aromatic heterocycles. The number of guanidine groups is 1. The fourth-order valence-electron chi connectivity index (χ4n) is 3.50. The van der Waals surface area contributed by atoms with E-state index >= 15 is 0 Å². The molecule has 21 heavy (non-hydrogen) atoms. The number of aliphatic imine (C=N–C) groups is 1. The third-order valence-corrected chi connectivity index (χ3v) is 5.40. The van der Waals surface area contributed by atoms with Gasteiger partial charge in [0.05, 0.1) is 12.6 Å². The molecule has 0 saturated heterocycles. The molecule has 0 bridgehead atoms. The van der Waals surface area contributed by atoms with Gasteiger partial charge >= 0.3 is 0 Å². The molecule has 0 spiro atoms. The SMILES string of the molecule is NC1=NCC(c2cc(Br)ccc2Cl)N1C1CCCCCC1. The van der Waals surface area contributed by atoms with Crippen molar-refractivity contribution in [1.29, 1.82) is 0 Å². The van der Waals surface area contributed by atoms with E-state index in [0.717, 1.165) is 15.1 Å². The summed E-state index contributed by atoms with van der Waals surface area (Å²) < 4.78 is 1.05. The molecule has 5 heteroatoms. The van der Waals surface area contributed by atoms with Gasteiger partial charge < -0.3 is 10.6 Å². The predicted molar refractivity (Wildman–Crippen MR) is 91.7 cm³/mol. The van der Waals surface area contributed by atoms with Crippen LogP contribution in [0.5, 0.6) is 0 Å². The Hall–Kier alpha value is -0.740. The number of halogens is 2. The van der Waals surface area contributed by atoms with Crippen LogP contribution in [0.2, 0.25) is 5.02 Å². The molecular weight excluding hydrogens is 350 g/mol. The molecule has 1 saturated carbocycles. The molecule has 1 fully saturated rings. The Balaban J connectivity index is 1.89. The highest BCUT2D eigenvalue weighted by molar-refractivity contribution is 9.10. The van der Waals surface area contributed by atoms with E-state index in [-0.39, 0.29) is 6.04 Å². The Labute approximate surface area is 139 Å². The average Bonchev–Trinajstić information content (AvgIpc) is 2.69. The minimum absolute atomic E-state index is 0.179. The van der Waals surface area contributed by atoms with Gasteiger partial charge in [-0.1, -0.05) is 53.2 Å². The van der Waals surface area contributed by atoms with Crippen LogP contribution < -0.4 is 5.73 Å². The zero-order valence-electron chi connectivity index (χ0n) is 12.1. The first-order chi connectivity index (χ1) is 10.2. The highest BCUT2D eigenvalue weighted by Crippen LogP contribution is 2.36. The van der Waals surface area contributed by atoms with Crippen molar-refractivity contribution in [1.82, 2.24) is 4.90 Å². The molecule has 1 aliphatic carbocycles. The minimum atomic E-state index is 0.179. The average molecular weight is 371 g/mol. The summed E-state index contributed by atoms with van der Waals surface area (Å²) in [5.41, 5.74) is 7.32. The summed E-state index contributed by atoms with van der Waals surface area (Å²) in [6, 6.07) is 6.70. The van der Waals surface area contributed by atoms with E-state index in [9.17, 15) is 0 Å². The van der Waals surface area contributed by atoms with E-state index in [1.807, 2.05) is 12.1 Å². The molecule has 1 aromatic rings. The van der Waals surface area contributed by atoms with Gasteiger partial charge in [0.2, 0.25) is 0 Å². The largest absolute Gasteiger partial charge is 0.370 e. The molecule has 1 aromatic carbocycles. The van der Waals surface area contributed by atoms with Crippen molar-refractivity contribution < 1.29 is 0 Å². The lowest BCUT2D eigenvalue weighted by Gasteiger charge is -2.34. The van der Waals surface area contributed by atoms with Gasteiger partial charge in [0, 0.05) is 15.5 Å². The van der Waals surface area contributed by atoms with Crippen molar-refractivity contribution in [3.05, 3.63) is 33.3 Å². The second-order valence-corrected chi connectivity index (χ2v) is 7.26. The second kappa shape index (κ2) is 6.57. The van der Waals surface area contributed by atoms with Crippen molar-refractivity contribution in [3.63, 3.8) is 0 Å². The molecule has 3 nitrogen and oxygen atoms in total. The summed E-state index contributed by atoms with van der Waals surface area (Å²) in [6.07, 6.45) is 7.66. The monoisotopic (exact) mass is 369 g/mol. The second-order valence-electron chi connectivity index (χ2n) is 5.93. The fraction of sp³-hybridized carbons (Fsp3) is 0.562. The maximum absolute atomic E-state index is 6.42. The van der Waals surface area contributed by atoms with Crippen LogP contribution >= 0.6 is 27.5 Å². The first-order valence-electron chi connectivity index (χ1n) is 7.70. The summed E-state index contributed by atoms with van der Waals surface area (Å²) in [6.45, 7) is 0.707. The van der Waals surface area contributed by atoms with Crippen LogP contribution in [0.25, 0.3) is 0 Å².